The molecule has 20 heavy (non-hydrogen) atoms. The van der Waals surface area contributed by atoms with Crippen LogP contribution in [-0.2, 0) is 0 Å². The van der Waals surface area contributed by atoms with E-state index < -0.39 is 6.10 Å². The highest BCUT2D eigenvalue weighted by atomic mass is 79.9. The van der Waals surface area contributed by atoms with Gasteiger partial charge in [0.15, 0.2) is 11.5 Å². The summed E-state index contributed by atoms with van der Waals surface area (Å²) < 4.78 is 11.7. The second-order valence-corrected chi connectivity index (χ2v) is 6.72. The molecule has 3 rings (SSSR count). The molecular weight excluding hydrogens is 320 g/mol. The van der Waals surface area contributed by atoms with Crippen molar-refractivity contribution in [3.8, 4) is 11.5 Å². The van der Waals surface area contributed by atoms with E-state index in [9.17, 15) is 5.11 Å². The fraction of sp³-hybridized carbons (Fsp3) is 0.625. The first kappa shape index (κ1) is 14.2. The molecular formula is C16H21BrO3. The molecule has 0 spiro atoms. The molecule has 3 nitrogen and oxygen atoms in total. The van der Waals surface area contributed by atoms with Gasteiger partial charge in [0.1, 0.15) is 0 Å². The van der Waals surface area contributed by atoms with Gasteiger partial charge in [-0.3, -0.25) is 0 Å². The van der Waals surface area contributed by atoms with Crippen LogP contribution in [0.1, 0.15) is 50.7 Å². The maximum atomic E-state index is 10.6. The highest BCUT2D eigenvalue weighted by Gasteiger charge is 2.28. The molecule has 1 unspecified atom stereocenters. The first-order valence-corrected chi connectivity index (χ1v) is 8.25. The van der Waals surface area contributed by atoms with E-state index in [2.05, 4.69) is 22.9 Å². The van der Waals surface area contributed by atoms with Gasteiger partial charge < -0.3 is 14.6 Å². The van der Waals surface area contributed by atoms with Crippen molar-refractivity contribution in [2.45, 2.75) is 45.1 Å². The zero-order valence-corrected chi connectivity index (χ0v) is 13.4. The van der Waals surface area contributed by atoms with E-state index in [1.54, 1.807) is 0 Å². The summed E-state index contributed by atoms with van der Waals surface area (Å²) in [5, 5.41) is 10.6. The Kier molecular flexibility index (Phi) is 4.22. The van der Waals surface area contributed by atoms with Crippen molar-refractivity contribution in [1.29, 1.82) is 0 Å². The van der Waals surface area contributed by atoms with Crippen LogP contribution in [0, 0.1) is 11.8 Å². The SMILES string of the molecule is CCC1CCC(C(O)c2cc(Br)c3c(c2)OCO3)CC1. The Balaban J connectivity index is 1.74. The molecule has 1 saturated carbocycles. The fourth-order valence-corrected chi connectivity index (χ4v) is 3.92. The lowest BCUT2D eigenvalue weighted by molar-refractivity contribution is 0.0727. The van der Waals surface area contributed by atoms with Crippen molar-refractivity contribution in [1.82, 2.24) is 0 Å². The van der Waals surface area contributed by atoms with Crippen molar-refractivity contribution in [3.63, 3.8) is 0 Å². The minimum absolute atomic E-state index is 0.259. The molecule has 1 N–H and O–H groups in total. The molecule has 0 radical (unpaired) electrons. The predicted octanol–water partition coefficient (Wildman–Crippen LogP) is 4.43. The molecule has 110 valence electrons. The molecule has 2 aliphatic rings. The molecule has 1 aliphatic carbocycles. The number of hydrogen-bond acceptors (Lipinski definition) is 3. The third-order valence-electron chi connectivity index (χ3n) is 4.71. The number of aliphatic hydroxyl groups is 1. The van der Waals surface area contributed by atoms with E-state index in [1.165, 1.54) is 19.3 Å². The molecule has 4 heteroatoms. The van der Waals surface area contributed by atoms with Crippen LogP contribution in [0.2, 0.25) is 0 Å². The molecule has 1 aromatic carbocycles. The van der Waals surface area contributed by atoms with Gasteiger partial charge in [-0.15, -0.1) is 0 Å². The van der Waals surface area contributed by atoms with Gasteiger partial charge >= 0.3 is 0 Å². The summed E-state index contributed by atoms with van der Waals surface area (Å²) in [6.45, 7) is 2.52. The number of aliphatic hydroxyl groups excluding tert-OH is 1. The van der Waals surface area contributed by atoms with Crippen molar-refractivity contribution < 1.29 is 14.6 Å². The molecule has 1 atom stereocenters. The Hall–Kier alpha value is -0.740. The van der Waals surface area contributed by atoms with Crippen LogP contribution < -0.4 is 9.47 Å². The van der Waals surface area contributed by atoms with Gasteiger partial charge in [0.25, 0.3) is 0 Å². The Morgan fingerprint density at radius 2 is 2.00 bits per heavy atom. The van der Waals surface area contributed by atoms with Gasteiger partial charge in [0.05, 0.1) is 10.6 Å². The molecule has 0 bridgehead atoms. The second kappa shape index (κ2) is 5.94. The first-order valence-electron chi connectivity index (χ1n) is 7.46. The summed E-state index contributed by atoms with van der Waals surface area (Å²) >= 11 is 3.50. The van der Waals surface area contributed by atoms with Crippen LogP contribution in [0.3, 0.4) is 0 Å². The van der Waals surface area contributed by atoms with E-state index in [4.69, 9.17) is 9.47 Å². The van der Waals surface area contributed by atoms with E-state index in [0.717, 1.165) is 40.3 Å². The summed E-state index contributed by atoms with van der Waals surface area (Å²) in [4.78, 5) is 0. The number of hydrogen-bond donors (Lipinski definition) is 1. The van der Waals surface area contributed by atoms with Crippen LogP contribution >= 0.6 is 15.9 Å². The van der Waals surface area contributed by atoms with Gasteiger partial charge in [0.2, 0.25) is 6.79 Å². The highest BCUT2D eigenvalue weighted by Crippen LogP contribution is 2.44. The van der Waals surface area contributed by atoms with Crippen molar-refractivity contribution in [2.24, 2.45) is 11.8 Å². The molecule has 1 heterocycles. The van der Waals surface area contributed by atoms with Gasteiger partial charge in [-0.1, -0.05) is 26.2 Å². The van der Waals surface area contributed by atoms with Gasteiger partial charge in [-0.25, -0.2) is 0 Å². The van der Waals surface area contributed by atoms with E-state index >= 15 is 0 Å². The van der Waals surface area contributed by atoms with E-state index in [1.807, 2.05) is 12.1 Å². The normalized spacial score (nSPS) is 26.6. The third kappa shape index (κ3) is 2.68. The molecule has 1 aromatic rings. The predicted molar refractivity (Wildman–Crippen MR) is 81.0 cm³/mol. The maximum Gasteiger partial charge on any atom is 0.231 e. The first-order chi connectivity index (χ1) is 9.69. The van der Waals surface area contributed by atoms with Crippen LogP contribution in [0.4, 0.5) is 0 Å². The average molecular weight is 341 g/mol. The lowest BCUT2D eigenvalue weighted by Gasteiger charge is -2.31. The standard InChI is InChI=1S/C16H21BrO3/c1-2-10-3-5-11(6-4-10)15(18)12-7-13(17)16-14(8-12)19-9-20-16/h7-8,10-11,15,18H,2-6,9H2,1H3. The molecule has 0 saturated heterocycles. The summed E-state index contributed by atoms with van der Waals surface area (Å²) in [7, 11) is 0. The Bertz CT molecular complexity index is 481. The summed E-state index contributed by atoms with van der Waals surface area (Å²) in [5.41, 5.74) is 0.932. The number of benzene rings is 1. The monoisotopic (exact) mass is 340 g/mol. The smallest absolute Gasteiger partial charge is 0.231 e. The Morgan fingerprint density at radius 1 is 1.25 bits per heavy atom. The van der Waals surface area contributed by atoms with E-state index in [-0.39, 0.29) is 6.79 Å². The molecule has 0 aromatic heterocycles. The fourth-order valence-electron chi connectivity index (χ4n) is 3.34. The van der Waals surface area contributed by atoms with Crippen LogP contribution in [-0.4, -0.2) is 11.9 Å². The zero-order valence-electron chi connectivity index (χ0n) is 11.8. The third-order valence-corrected chi connectivity index (χ3v) is 5.30. The lowest BCUT2D eigenvalue weighted by atomic mass is 9.77. The zero-order chi connectivity index (χ0) is 14.1. The molecule has 1 aliphatic heterocycles. The van der Waals surface area contributed by atoms with Gasteiger partial charge in [0, 0.05) is 0 Å². The number of rotatable bonds is 3. The average Bonchev–Trinajstić information content (AvgIpc) is 2.95. The Morgan fingerprint density at radius 3 is 2.70 bits per heavy atom. The quantitative estimate of drug-likeness (QED) is 0.884. The summed E-state index contributed by atoms with van der Waals surface area (Å²) in [6, 6.07) is 3.88. The lowest BCUT2D eigenvalue weighted by Crippen LogP contribution is -2.20. The topological polar surface area (TPSA) is 38.7 Å². The van der Waals surface area contributed by atoms with Crippen molar-refractivity contribution in [2.75, 3.05) is 6.79 Å². The van der Waals surface area contributed by atoms with Crippen molar-refractivity contribution in [3.05, 3.63) is 22.2 Å². The minimum Gasteiger partial charge on any atom is -0.454 e. The Labute approximate surface area is 128 Å². The minimum atomic E-state index is -0.404. The van der Waals surface area contributed by atoms with Crippen LogP contribution in [0.25, 0.3) is 0 Å². The van der Waals surface area contributed by atoms with Gasteiger partial charge in [-0.05, 0) is 58.3 Å². The second-order valence-electron chi connectivity index (χ2n) is 5.87. The molecule has 1 fully saturated rings. The number of fused-ring (bicyclic) bond motifs is 1. The summed E-state index contributed by atoms with van der Waals surface area (Å²) in [5.74, 6) is 2.69. The largest absolute Gasteiger partial charge is 0.454 e. The van der Waals surface area contributed by atoms with Crippen LogP contribution in [0.5, 0.6) is 11.5 Å². The maximum absolute atomic E-state index is 10.6. The van der Waals surface area contributed by atoms with Crippen LogP contribution in [0.15, 0.2) is 16.6 Å². The van der Waals surface area contributed by atoms with E-state index in [0.29, 0.717) is 5.92 Å². The van der Waals surface area contributed by atoms with Gasteiger partial charge in [-0.2, -0.15) is 0 Å². The number of ether oxygens (including phenoxy) is 2. The highest BCUT2D eigenvalue weighted by molar-refractivity contribution is 9.10. The number of halogens is 1. The van der Waals surface area contributed by atoms with Crippen molar-refractivity contribution >= 4 is 15.9 Å². The molecule has 0 amide bonds. The summed E-state index contributed by atoms with van der Waals surface area (Å²) in [6.07, 6.45) is 5.57.